The molecule has 0 N–H and O–H groups in total. The van der Waals surface area contributed by atoms with Gasteiger partial charge in [-0.2, -0.15) is 5.10 Å². The second-order valence-electron chi connectivity index (χ2n) is 5.22. The molecule has 4 nitrogen and oxygen atoms in total. The third-order valence-corrected chi connectivity index (χ3v) is 2.95. The van der Waals surface area contributed by atoms with Crippen LogP contribution >= 0.6 is 0 Å². The molecule has 96 valence electrons. The fourth-order valence-electron chi connectivity index (χ4n) is 2.28. The molecule has 0 aliphatic carbocycles. The maximum absolute atomic E-state index is 11.2. The fraction of sp³-hybridized carbons (Fsp3) is 0.692. The number of carbonyl (C=O) groups is 1. The lowest BCUT2D eigenvalue weighted by molar-refractivity contribution is -0.116. The third kappa shape index (κ3) is 4.30. The molecule has 0 aliphatic rings. The molecule has 0 saturated carbocycles. The summed E-state index contributed by atoms with van der Waals surface area (Å²) in [6.07, 6.45) is 6.95. The number of carbonyl (C=O) groups excluding carboxylic acids is 1. The maximum Gasteiger partial charge on any atom is 0.127 e. The van der Waals surface area contributed by atoms with E-state index in [0.717, 1.165) is 32.2 Å². The number of nitrogens with zero attached hydrogens (tertiary/aromatic N) is 3. The molecule has 1 atom stereocenters. The highest BCUT2D eigenvalue weighted by molar-refractivity contribution is 5.58. The predicted octanol–water partition coefficient (Wildman–Crippen LogP) is 1.86. The lowest BCUT2D eigenvalue weighted by Gasteiger charge is -2.28. The Balaban J connectivity index is 2.53. The number of aldehydes is 1. The van der Waals surface area contributed by atoms with Crippen LogP contribution in [-0.4, -0.2) is 34.6 Å². The van der Waals surface area contributed by atoms with Crippen molar-refractivity contribution in [2.75, 3.05) is 13.6 Å². The van der Waals surface area contributed by atoms with Gasteiger partial charge in [0.15, 0.2) is 0 Å². The predicted molar refractivity (Wildman–Crippen MR) is 68.6 cm³/mol. The van der Waals surface area contributed by atoms with Gasteiger partial charge in [-0.15, -0.1) is 0 Å². The van der Waals surface area contributed by atoms with Gasteiger partial charge in [-0.05, 0) is 13.5 Å². The first kappa shape index (κ1) is 13.9. The first-order chi connectivity index (χ1) is 7.99. The van der Waals surface area contributed by atoms with Gasteiger partial charge in [0.05, 0.1) is 6.20 Å². The summed E-state index contributed by atoms with van der Waals surface area (Å²) in [5, 5.41) is 4.14. The fourth-order valence-corrected chi connectivity index (χ4v) is 2.28. The number of aryl methyl sites for hydroxylation is 1. The summed E-state index contributed by atoms with van der Waals surface area (Å²) in [6, 6.07) is 0. The average molecular weight is 237 g/mol. The Hall–Kier alpha value is -1.16. The van der Waals surface area contributed by atoms with Gasteiger partial charge in [0.2, 0.25) is 0 Å². The molecule has 0 saturated heterocycles. The summed E-state index contributed by atoms with van der Waals surface area (Å²) in [4.78, 5) is 13.3. The van der Waals surface area contributed by atoms with Crippen LogP contribution in [0, 0.1) is 5.41 Å². The van der Waals surface area contributed by atoms with Crippen molar-refractivity contribution in [1.82, 2.24) is 14.7 Å². The Kier molecular flexibility index (Phi) is 4.87. The molecule has 0 aromatic carbocycles. The molecule has 1 rings (SSSR count). The summed E-state index contributed by atoms with van der Waals surface area (Å²) in [5.74, 6) is 0. The van der Waals surface area contributed by atoms with E-state index in [9.17, 15) is 4.79 Å². The highest BCUT2D eigenvalue weighted by Gasteiger charge is 2.24. The normalized spacial score (nSPS) is 14.9. The molecule has 0 fully saturated rings. The van der Waals surface area contributed by atoms with E-state index in [1.165, 1.54) is 5.56 Å². The Morgan fingerprint density at radius 2 is 2.29 bits per heavy atom. The highest BCUT2D eigenvalue weighted by atomic mass is 16.1. The van der Waals surface area contributed by atoms with Gasteiger partial charge < -0.3 is 9.69 Å². The molecule has 0 aliphatic heterocycles. The minimum Gasteiger partial charge on any atom is -0.303 e. The third-order valence-electron chi connectivity index (χ3n) is 2.95. The van der Waals surface area contributed by atoms with Gasteiger partial charge in [-0.3, -0.25) is 4.68 Å². The van der Waals surface area contributed by atoms with Crippen LogP contribution in [0.2, 0.25) is 0 Å². The van der Waals surface area contributed by atoms with E-state index < -0.39 is 0 Å². The maximum atomic E-state index is 11.2. The van der Waals surface area contributed by atoms with Crippen LogP contribution < -0.4 is 0 Å². The Labute approximate surface area is 104 Å². The molecule has 0 bridgehead atoms. The number of rotatable bonds is 7. The van der Waals surface area contributed by atoms with Gasteiger partial charge in [0, 0.05) is 37.3 Å². The van der Waals surface area contributed by atoms with Crippen LogP contribution in [0.3, 0.4) is 0 Å². The van der Waals surface area contributed by atoms with Gasteiger partial charge in [0.1, 0.15) is 6.29 Å². The summed E-state index contributed by atoms with van der Waals surface area (Å²) in [5.41, 5.74) is 0.950. The summed E-state index contributed by atoms with van der Waals surface area (Å²) < 4.78 is 1.80. The molecule has 0 spiro atoms. The van der Waals surface area contributed by atoms with Crippen molar-refractivity contribution >= 4 is 6.29 Å². The van der Waals surface area contributed by atoms with E-state index in [0.29, 0.717) is 0 Å². The highest BCUT2D eigenvalue weighted by Crippen LogP contribution is 2.22. The van der Waals surface area contributed by atoms with E-state index in [4.69, 9.17) is 0 Å². The van der Waals surface area contributed by atoms with E-state index >= 15 is 0 Å². The molecule has 1 heterocycles. The lowest BCUT2D eigenvalue weighted by Crippen LogP contribution is -2.34. The van der Waals surface area contributed by atoms with Gasteiger partial charge in [0.25, 0.3) is 0 Å². The summed E-state index contributed by atoms with van der Waals surface area (Å²) in [6.45, 7) is 5.77. The van der Waals surface area contributed by atoms with Gasteiger partial charge in [-0.25, -0.2) is 0 Å². The largest absolute Gasteiger partial charge is 0.303 e. The average Bonchev–Trinajstić information content (AvgIpc) is 2.64. The Morgan fingerprint density at radius 3 is 2.76 bits per heavy atom. The van der Waals surface area contributed by atoms with Crippen molar-refractivity contribution in [1.29, 1.82) is 0 Å². The number of hydrogen-bond donors (Lipinski definition) is 0. The zero-order valence-electron chi connectivity index (χ0n) is 11.3. The molecular formula is C13H23N3O. The molecule has 1 aromatic heterocycles. The first-order valence-corrected chi connectivity index (χ1v) is 6.11. The standard InChI is InChI=1S/C13H23N3O/c1-5-6-13(2,11-17)10-15(3)8-12-7-14-16(4)9-12/h7,9,11H,5-6,8,10H2,1-4H3. The molecular weight excluding hydrogens is 214 g/mol. The van der Waals surface area contributed by atoms with Crippen LogP contribution in [0.1, 0.15) is 32.3 Å². The molecule has 17 heavy (non-hydrogen) atoms. The molecule has 0 radical (unpaired) electrons. The second kappa shape index (κ2) is 5.96. The second-order valence-corrected chi connectivity index (χ2v) is 5.22. The topological polar surface area (TPSA) is 38.1 Å². The quantitative estimate of drug-likeness (QED) is 0.679. The van der Waals surface area contributed by atoms with Crippen molar-refractivity contribution in [3.05, 3.63) is 18.0 Å². The van der Waals surface area contributed by atoms with Crippen molar-refractivity contribution in [3.63, 3.8) is 0 Å². The monoisotopic (exact) mass is 237 g/mol. The molecule has 4 heteroatoms. The van der Waals surface area contributed by atoms with Gasteiger partial charge >= 0.3 is 0 Å². The Bertz CT molecular complexity index is 361. The van der Waals surface area contributed by atoms with Crippen LogP contribution in [0.4, 0.5) is 0 Å². The van der Waals surface area contributed by atoms with Crippen molar-refractivity contribution in [2.45, 2.75) is 33.2 Å². The smallest absolute Gasteiger partial charge is 0.127 e. The summed E-state index contributed by atoms with van der Waals surface area (Å²) in [7, 11) is 3.96. The zero-order valence-corrected chi connectivity index (χ0v) is 11.3. The minimum atomic E-state index is -0.230. The van der Waals surface area contributed by atoms with Crippen molar-refractivity contribution < 1.29 is 4.79 Å². The molecule has 1 aromatic rings. The van der Waals surface area contributed by atoms with Crippen LogP contribution in [0.25, 0.3) is 0 Å². The van der Waals surface area contributed by atoms with E-state index in [1.54, 1.807) is 4.68 Å². The lowest BCUT2D eigenvalue weighted by atomic mass is 9.87. The van der Waals surface area contributed by atoms with E-state index in [1.807, 2.05) is 33.4 Å². The van der Waals surface area contributed by atoms with E-state index in [2.05, 4.69) is 16.9 Å². The number of aromatic nitrogens is 2. The van der Waals surface area contributed by atoms with Crippen LogP contribution in [-0.2, 0) is 18.4 Å². The van der Waals surface area contributed by atoms with Crippen LogP contribution in [0.5, 0.6) is 0 Å². The Morgan fingerprint density at radius 1 is 1.59 bits per heavy atom. The van der Waals surface area contributed by atoms with Crippen molar-refractivity contribution in [3.8, 4) is 0 Å². The van der Waals surface area contributed by atoms with Crippen molar-refractivity contribution in [2.24, 2.45) is 12.5 Å². The zero-order chi connectivity index (χ0) is 12.9. The van der Waals surface area contributed by atoms with Crippen LogP contribution in [0.15, 0.2) is 12.4 Å². The van der Waals surface area contributed by atoms with Gasteiger partial charge in [-0.1, -0.05) is 20.3 Å². The number of hydrogen-bond acceptors (Lipinski definition) is 3. The molecule has 1 unspecified atom stereocenters. The van der Waals surface area contributed by atoms with E-state index in [-0.39, 0.29) is 5.41 Å². The minimum absolute atomic E-state index is 0.230. The SMILES string of the molecule is CCCC(C)(C=O)CN(C)Cc1cnn(C)c1. The summed E-state index contributed by atoms with van der Waals surface area (Å²) >= 11 is 0. The first-order valence-electron chi connectivity index (χ1n) is 6.11. The molecule has 0 amide bonds.